The maximum atomic E-state index is 12.1. The van der Waals surface area contributed by atoms with Crippen LogP contribution in [0.5, 0.6) is 5.88 Å². The van der Waals surface area contributed by atoms with Crippen molar-refractivity contribution in [3.05, 3.63) is 52.6 Å². The van der Waals surface area contributed by atoms with E-state index in [2.05, 4.69) is 20.3 Å². The first-order chi connectivity index (χ1) is 12.6. The minimum Gasteiger partial charge on any atom is -0.477 e. The lowest BCUT2D eigenvalue weighted by atomic mass is 10.2. The maximum absolute atomic E-state index is 12.1. The molecule has 3 N–H and O–H groups in total. The van der Waals surface area contributed by atoms with Crippen LogP contribution in [-0.4, -0.2) is 40.0 Å². The number of carbonyl (C=O) groups is 2. The van der Waals surface area contributed by atoms with Crippen LogP contribution < -0.4 is 15.7 Å². The first-order valence-electron chi connectivity index (χ1n) is 7.83. The average molecular weight is 356 g/mol. The molecule has 2 aromatic heterocycles. The highest BCUT2D eigenvalue weighted by atomic mass is 16.5. The Labute approximate surface area is 147 Å². The molecule has 1 aromatic carbocycles. The molecule has 0 spiro atoms. The van der Waals surface area contributed by atoms with Crippen molar-refractivity contribution in [2.24, 2.45) is 0 Å². The van der Waals surface area contributed by atoms with Gasteiger partial charge in [-0.1, -0.05) is 0 Å². The van der Waals surface area contributed by atoms with Gasteiger partial charge in [-0.2, -0.15) is 0 Å². The molecule has 134 valence electrons. The lowest BCUT2D eigenvalue weighted by Gasteiger charge is -2.09. The second-order valence-corrected chi connectivity index (χ2v) is 5.25. The molecule has 0 aliphatic carbocycles. The molecule has 0 saturated heterocycles. The smallest absolute Gasteiger partial charge is 0.344 e. The molecule has 0 radical (unpaired) electrons. The minimum atomic E-state index is -0.706. The van der Waals surface area contributed by atoms with Gasteiger partial charge < -0.3 is 24.8 Å². The van der Waals surface area contributed by atoms with E-state index in [0.717, 1.165) is 0 Å². The van der Waals surface area contributed by atoms with Crippen LogP contribution >= 0.6 is 0 Å². The van der Waals surface area contributed by atoms with Gasteiger partial charge in [0.25, 0.3) is 5.91 Å². The number of aromatic amines is 2. The van der Waals surface area contributed by atoms with Crippen molar-refractivity contribution < 1.29 is 19.1 Å². The van der Waals surface area contributed by atoms with E-state index in [1.165, 1.54) is 12.3 Å². The molecule has 0 aliphatic heterocycles. The van der Waals surface area contributed by atoms with Gasteiger partial charge in [0.05, 0.1) is 17.6 Å². The van der Waals surface area contributed by atoms with Gasteiger partial charge in [-0.05, 0) is 37.3 Å². The number of nitrogens with zero attached hydrogens (tertiary/aromatic N) is 1. The van der Waals surface area contributed by atoms with Gasteiger partial charge in [-0.25, -0.2) is 14.6 Å². The number of amides is 1. The zero-order valence-electron chi connectivity index (χ0n) is 13.9. The number of imidazole rings is 1. The van der Waals surface area contributed by atoms with Crippen molar-refractivity contribution in [3.63, 3.8) is 0 Å². The largest absolute Gasteiger partial charge is 0.477 e. The number of fused-ring (bicyclic) bond motifs is 1. The van der Waals surface area contributed by atoms with Crippen LogP contribution in [0.3, 0.4) is 0 Å². The van der Waals surface area contributed by atoms with E-state index >= 15 is 0 Å². The van der Waals surface area contributed by atoms with Gasteiger partial charge in [0.2, 0.25) is 5.88 Å². The zero-order chi connectivity index (χ0) is 18.5. The molecule has 9 heteroatoms. The number of hydrogen-bond donors (Lipinski definition) is 3. The SMILES string of the molecule is CCOc1ncccc1C(=O)OCC(=O)Nc1ccc2[nH]c(=O)[nH]c2c1. The van der Waals surface area contributed by atoms with Crippen molar-refractivity contribution in [1.29, 1.82) is 0 Å². The van der Waals surface area contributed by atoms with Gasteiger partial charge in [-0.3, -0.25) is 4.79 Å². The minimum absolute atomic E-state index is 0.147. The number of rotatable bonds is 6. The summed E-state index contributed by atoms with van der Waals surface area (Å²) in [6, 6.07) is 7.96. The zero-order valence-corrected chi connectivity index (χ0v) is 13.9. The summed E-state index contributed by atoms with van der Waals surface area (Å²) in [7, 11) is 0. The van der Waals surface area contributed by atoms with Crippen molar-refractivity contribution in [2.45, 2.75) is 6.92 Å². The number of hydrogen-bond acceptors (Lipinski definition) is 6. The number of ether oxygens (including phenoxy) is 2. The van der Waals surface area contributed by atoms with E-state index in [9.17, 15) is 14.4 Å². The summed E-state index contributed by atoms with van der Waals surface area (Å²) in [5, 5.41) is 2.59. The van der Waals surface area contributed by atoms with Gasteiger partial charge in [0.1, 0.15) is 5.56 Å². The Hall–Kier alpha value is -3.62. The second kappa shape index (κ2) is 7.51. The van der Waals surface area contributed by atoms with Gasteiger partial charge in [0.15, 0.2) is 6.61 Å². The molecule has 0 unspecified atom stereocenters. The monoisotopic (exact) mass is 356 g/mol. The molecule has 3 rings (SSSR count). The third-order valence-electron chi connectivity index (χ3n) is 3.41. The predicted octanol–water partition coefficient (Wildman–Crippen LogP) is 1.45. The second-order valence-electron chi connectivity index (χ2n) is 5.25. The Morgan fingerprint density at radius 1 is 1.19 bits per heavy atom. The third kappa shape index (κ3) is 3.89. The van der Waals surface area contributed by atoms with Crippen LogP contribution in [-0.2, 0) is 9.53 Å². The highest BCUT2D eigenvalue weighted by Gasteiger charge is 2.16. The Kier molecular flexibility index (Phi) is 4.97. The number of nitrogens with one attached hydrogen (secondary N) is 3. The molecule has 26 heavy (non-hydrogen) atoms. The van der Waals surface area contributed by atoms with E-state index in [1.807, 2.05) is 0 Å². The van der Waals surface area contributed by atoms with Crippen LogP contribution in [0, 0.1) is 0 Å². The molecular formula is C17H16N4O5. The van der Waals surface area contributed by atoms with Gasteiger partial charge in [0, 0.05) is 11.9 Å². The lowest BCUT2D eigenvalue weighted by molar-refractivity contribution is -0.119. The number of esters is 1. The van der Waals surface area contributed by atoms with Crippen molar-refractivity contribution in [2.75, 3.05) is 18.5 Å². The number of H-pyrrole nitrogens is 2. The molecule has 0 atom stereocenters. The Bertz CT molecular complexity index is 1010. The number of aromatic nitrogens is 3. The van der Waals surface area contributed by atoms with E-state index < -0.39 is 18.5 Å². The quantitative estimate of drug-likeness (QED) is 0.574. The fraction of sp³-hybridized carbons (Fsp3) is 0.176. The van der Waals surface area contributed by atoms with Gasteiger partial charge in [-0.15, -0.1) is 0 Å². The van der Waals surface area contributed by atoms with Crippen LogP contribution in [0.4, 0.5) is 5.69 Å². The van der Waals surface area contributed by atoms with Crippen molar-refractivity contribution >= 4 is 28.6 Å². The van der Waals surface area contributed by atoms with Crippen LogP contribution in [0.15, 0.2) is 41.3 Å². The summed E-state index contributed by atoms with van der Waals surface area (Å²) in [5.74, 6) is -1.07. The number of carbonyl (C=O) groups excluding carboxylic acids is 2. The molecule has 2 heterocycles. The first kappa shape index (κ1) is 17.2. The number of anilines is 1. The normalized spacial score (nSPS) is 10.5. The standard InChI is InChI=1S/C17H16N4O5/c1-2-25-15-11(4-3-7-18-15)16(23)26-9-14(22)19-10-5-6-12-13(8-10)21-17(24)20-12/h3-8H,2,9H2,1H3,(H,19,22)(H2,20,21,24). The molecule has 3 aromatic rings. The molecule has 0 aliphatic rings. The summed E-state index contributed by atoms with van der Waals surface area (Å²) in [6.07, 6.45) is 1.50. The summed E-state index contributed by atoms with van der Waals surface area (Å²) in [5.41, 5.74) is 1.46. The van der Waals surface area contributed by atoms with E-state index in [4.69, 9.17) is 9.47 Å². The molecule has 1 amide bonds. The highest BCUT2D eigenvalue weighted by Crippen LogP contribution is 2.16. The molecule has 9 nitrogen and oxygen atoms in total. The fourth-order valence-corrected chi connectivity index (χ4v) is 2.31. The Morgan fingerprint density at radius 2 is 2.00 bits per heavy atom. The van der Waals surface area contributed by atoms with E-state index in [0.29, 0.717) is 23.3 Å². The van der Waals surface area contributed by atoms with E-state index in [1.54, 1.807) is 31.2 Å². The number of pyridine rings is 1. The van der Waals surface area contributed by atoms with Crippen molar-refractivity contribution in [3.8, 4) is 5.88 Å². The topological polar surface area (TPSA) is 126 Å². The Balaban J connectivity index is 1.61. The van der Waals surface area contributed by atoms with Crippen LogP contribution in [0.1, 0.15) is 17.3 Å². The Morgan fingerprint density at radius 3 is 2.81 bits per heavy atom. The third-order valence-corrected chi connectivity index (χ3v) is 3.41. The van der Waals surface area contributed by atoms with E-state index in [-0.39, 0.29) is 17.1 Å². The van der Waals surface area contributed by atoms with Crippen LogP contribution in [0.2, 0.25) is 0 Å². The summed E-state index contributed by atoms with van der Waals surface area (Å²) >= 11 is 0. The fourth-order valence-electron chi connectivity index (χ4n) is 2.31. The molecule has 0 fully saturated rings. The first-order valence-corrected chi connectivity index (χ1v) is 7.83. The summed E-state index contributed by atoms with van der Waals surface area (Å²) < 4.78 is 10.3. The maximum Gasteiger partial charge on any atom is 0.344 e. The van der Waals surface area contributed by atoms with Crippen molar-refractivity contribution in [1.82, 2.24) is 15.0 Å². The summed E-state index contributed by atoms with van der Waals surface area (Å²) in [6.45, 7) is 1.65. The lowest BCUT2D eigenvalue weighted by Crippen LogP contribution is -2.21. The average Bonchev–Trinajstić information content (AvgIpc) is 3.00. The number of benzene rings is 1. The molecule has 0 bridgehead atoms. The van der Waals surface area contributed by atoms with Crippen LogP contribution in [0.25, 0.3) is 11.0 Å². The van der Waals surface area contributed by atoms with Gasteiger partial charge >= 0.3 is 11.7 Å². The molecule has 0 saturated carbocycles. The highest BCUT2D eigenvalue weighted by molar-refractivity contribution is 5.97. The predicted molar refractivity (Wildman–Crippen MR) is 93.2 cm³/mol. The summed E-state index contributed by atoms with van der Waals surface area (Å²) in [4.78, 5) is 44.5. The molecular weight excluding hydrogens is 340 g/mol.